The third-order valence-corrected chi connectivity index (χ3v) is 5.08. The Morgan fingerprint density at radius 1 is 1.22 bits per heavy atom. The molecule has 5 heteroatoms. The highest BCUT2D eigenvalue weighted by atomic mass is 32.1. The van der Waals surface area contributed by atoms with Gasteiger partial charge >= 0.3 is 6.03 Å². The quantitative estimate of drug-likeness (QED) is 0.844. The molecule has 122 valence electrons. The minimum absolute atomic E-state index is 0.140. The fourth-order valence-corrected chi connectivity index (χ4v) is 3.66. The van der Waals surface area contributed by atoms with E-state index in [1.54, 1.807) is 0 Å². The van der Waals surface area contributed by atoms with E-state index in [9.17, 15) is 4.79 Å². The van der Waals surface area contributed by atoms with Crippen LogP contribution in [0.1, 0.15) is 44.6 Å². The van der Waals surface area contributed by atoms with Gasteiger partial charge in [0.15, 0.2) is 5.13 Å². The number of benzene rings is 1. The Labute approximate surface area is 141 Å². The molecule has 0 spiro atoms. The van der Waals surface area contributed by atoms with E-state index in [2.05, 4.69) is 46.8 Å². The summed E-state index contributed by atoms with van der Waals surface area (Å²) < 4.78 is 0. The molecule has 4 nitrogen and oxygen atoms in total. The first-order valence-corrected chi connectivity index (χ1v) is 9.25. The number of aromatic nitrogens is 1. The number of nitrogens with zero attached hydrogens (tertiary/aromatic N) is 1. The van der Waals surface area contributed by atoms with Crippen LogP contribution in [-0.2, 0) is 6.42 Å². The molecule has 23 heavy (non-hydrogen) atoms. The van der Waals surface area contributed by atoms with E-state index in [4.69, 9.17) is 0 Å². The molecule has 1 aliphatic carbocycles. The molecule has 1 saturated carbocycles. The molecule has 0 saturated heterocycles. The third kappa shape index (κ3) is 4.32. The first kappa shape index (κ1) is 16.0. The Morgan fingerprint density at radius 2 is 1.96 bits per heavy atom. The van der Waals surface area contributed by atoms with Crippen LogP contribution in [0.5, 0.6) is 0 Å². The van der Waals surface area contributed by atoms with E-state index in [0.29, 0.717) is 11.2 Å². The van der Waals surface area contributed by atoms with Gasteiger partial charge in [-0.1, -0.05) is 50.5 Å². The van der Waals surface area contributed by atoms with Gasteiger partial charge in [-0.15, -0.1) is 11.3 Å². The Kier molecular flexibility index (Phi) is 5.28. The Hall–Kier alpha value is -1.88. The van der Waals surface area contributed by atoms with Crippen molar-refractivity contribution in [3.05, 3.63) is 35.2 Å². The van der Waals surface area contributed by atoms with Gasteiger partial charge in [-0.2, -0.15) is 0 Å². The summed E-state index contributed by atoms with van der Waals surface area (Å²) in [5.74, 6) is 0. The van der Waals surface area contributed by atoms with Gasteiger partial charge in [0.1, 0.15) is 0 Å². The number of rotatable bonds is 4. The van der Waals surface area contributed by atoms with Gasteiger partial charge in [0.05, 0.1) is 5.69 Å². The molecule has 1 aliphatic rings. The van der Waals surface area contributed by atoms with Crippen LogP contribution < -0.4 is 10.6 Å². The van der Waals surface area contributed by atoms with Crippen molar-refractivity contribution in [1.82, 2.24) is 10.3 Å². The summed E-state index contributed by atoms with van der Waals surface area (Å²) in [6, 6.07) is 8.58. The monoisotopic (exact) mass is 329 g/mol. The lowest BCUT2D eigenvalue weighted by molar-refractivity contribution is 0.244. The third-order valence-electron chi connectivity index (χ3n) is 4.32. The zero-order valence-corrected chi connectivity index (χ0v) is 14.3. The van der Waals surface area contributed by atoms with E-state index in [-0.39, 0.29) is 6.03 Å². The highest BCUT2D eigenvalue weighted by Gasteiger charge is 2.16. The molecule has 0 unspecified atom stereocenters. The molecular weight excluding hydrogens is 306 g/mol. The van der Waals surface area contributed by atoms with E-state index >= 15 is 0 Å². The fraction of sp³-hybridized carbons (Fsp3) is 0.444. The van der Waals surface area contributed by atoms with E-state index < -0.39 is 0 Å². The maximum atomic E-state index is 12.1. The first-order valence-electron chi connectivity index (χ1n) is 8.37. The van der Waals surface area contributed by atoms with Crippen molar-refractivity contribution in [3.8, 4) is 11.3 Å². The molecule has 2 aromatic rings. The van der Waals surface area contributed by atoms with Crippen molar-refractivity contribution < 1.29 is 4.79 Å². The lowest BCUT2D eigenvalue weighted by Gasteiger charge is -2.22. The van der Waals surface area contributed by atoms with Gasteiger partial charge in [-0.25, -0.2) is 9.78 Å². The molecule has 1 heterocycles. The first-order chi connectivity index (χ1) is 11.2. The molecule has 3 rings (SSSR count). The van der Waals surface area contributed by atoms with Gasteiger partial charge in [0.25, 0.3) is 0 Å². The van der Waals surface area contributed by atoms with Crippen LogP contribution in [-0.4, -0.2) is 17.1 Å². The zero-order chi connectivity index (χ0) is 16.1. The average molecular weight is 329 g/mol. The summed E-state index contributed by atoms with van der Waals surface area (Å²) in [4.78, 5) is 16.6. The summed E-state index contributed by atoms with van der Waals surface area (Å²) in [5.41, 5.74) is 3.30. The van der Waals surface area contributed by atoms with Crippen molar-refractivity contribution in [2.75, 3.05) is 5.32 Å². The van der Waals surface area contributed by atoms with Crippen LogP contribution in [0.3, 0.4) is 0 Å². The standard InChI is InChI=1S/C18H23N3OS/c1-2-13-8-10-14(11-9-13)16-12-23-18(20-16)21-17(22)19-15-6-4-3-5-7-15/h8-12,15H,2-7H2,1H3,(H2,19,20,21,22). The van der Waals surface area contributed by atoms with Crippen molar-refractivity contribution in [1.29, 1.82) is 0 Å². The topological polar surface area (TPSA) is 54.0 Å². The number of carbonyl (C=O) groups excluding carboxylic acids is 1. The second-order valence-electron chi connectivity index (χ2n) is 6.02. The van der Waals surface area contributed by atoms with E-state index in [1.807, 2.05) is 5.38 Å². The number of nitrogens with one attached hydrogen (secondary N) is 2. The number of aryl methyl sites for hydroxylation is 1. The second kappa shape index (κ2) is 7.59. The minimum Gasteiger partial charge on any atom is -0.335 e. The molecule has 0 radical (unpaired) electrons. The van der Waals surface area contributed by atoms with Crippen molar-refractivity contribution in [3.63, 3.8) is 0 Å². The summed E-state index contributed by atoms with van der Waals surface area (Å²) >= 11 is 1.46. The highest BCUT2D eigenvalue weighted by molar-refractivity contribution is 7.14. The number of hydrogen-bond donors (Lipinski definition) is 2. The van der Waals surface area contributed by atoms with Crippen LogP contribution in [0.25, 0.3) is 11.3 Å². The number of urea groups is 1. The van der Waals surface area contributed by atoms with Crippen molar-refractivity contribution in [2.24, 2.45) is 0 Å². The van der Waals surface area contributed by atoms with Crippen LogP contribution in [0.15, 0.2) is 29.6 Å². The average Bonchev–Trinajstić information content (AvgIpc) is 3.04. The van der Waals surface area contributed by atoms with Crippen LogP contribution >= 0.6 is 11.3 Å². The summed E-state index contributed by atoms with van der Waals surface area (Å²) in [6.07, 6.45) is 6.90. The number of carbonyl (C=O) groups is 1. The van der Waals surface area contributed by atoms with Gasteiger partial charge in [-0.05, 0) is 24.8 Å². The molecule has 2 amide bonds. The SMILES string of the molecule is CCc1ccc(-c2csc(NC(=O)NC3CCCCC3)n2)cc1. The van der Waals surface area contributed by atoms with E-state index in [0.717, 1.165) is 30.5 Å². The fourth-order valence-electron chi connectivity index (χ4n) is 2.94. The summed E-state index contributed by atoms with van der Waals surface area (Å²) in [5, 5.41) is 8.54. The molecule has 0 bridgehead atoms. The second-order valence-corrected chi connectivity index (χ2v) is 6.88. The smallest absolute Gasteiger partial charge is 0.321 e. The van der Waals surface area contributed by atoms with Gasteiger partial charge < -0.3 is 5.32 Å². The van der Waals surface area contributed by atoms with Crippen LogP contribution in [0.2, 0.25) is 0 Å². The zero-order valence-electron chi connectivity index (χ0n) is 13.5. The molecule has 2 N–H and O–H groups in total. The minimum atomic E-state index is -0.140. The lowest BCUT2D eigenvalue weighted by Crippen LogP contribution is -2.38. The van der Waals surface area contributed by atoms with Crippen molar-refractivity contribution >= 4 is 22.5 Å². The van der Waals surface area contributed by atoms with Gasteiger partial charge in [-0.3, -0.25) is 5.32 Å². The Morgan fingerprint density at radius 3 is 2.65 bits per heavy atom. The van der Waals surface area contributed by atoms with Gasteiger partial charge in [0.2, 0.25) is 0 Å². The summed E-state index contributed by atoms with van der Waals surface area (Å²) in [6.45, 7) is 2.14. The number of anilines is 1. The van der Waals surface area contributed by atoms with Crippen LogP contribution in [0, 0.1) is 0 Å². The molecule has 0 aliphatic heterocycles. The normalized spacial score (nSPS) is 15.3. The molecule has 1 aromatic carbocycles. The van der Waals surface area contributed by atoms with Crippen LogP contribution in [0.4, 0.5) is 9.93 Å². The number of amides is 2. The number of thiazole rings is 1. The molecule has 0 atom stereocenters. The Bertz CT molecular complexity index is 645. The lowest BCUT2D eigenvalue weighted by atomic mass is 9.96. The van der Waals surface area contributed by atoms with Crippen molar-refractivity contribution in [2.45, 2.75) is 51.5 Å². The maximum Gasteiger partial charge on any atom is 0.321 e. The largest absolute Gasteiger partial charge is 0.335 e. The van der Waals surface area contributed by atoms with E-state index in [1.165, 1.54) is 36.2 Å². The van der Waals surface area contributed by atoms with Gasteiger partial charge in [0, 0.05) is 17.0 Å². The predicted octanol–water partition coefficient (Wildman–Crippen LogP) is 4.83. The molecule has 1 aromatic heterocycles. The summed E-state index contributed by atoms with van der Waals surface area (Å²) in [7, 11) is 0. The molecule has 1 fully saturated rings. The maximum absolute atomic E-state index is 12.1. The predicted molar refractivity (Wildman–Crippen MR) is 96.0 cm³/mol. The number of hydrogen-bond acceptors (Lipinski definition) is 3. The Balaban J connectivity index is 1.58. The highest BCUT2D eigenvalue weighted by Crippen LogP contribution is 2.25. The molecular formula is C18H23N3OS.